The number of likely N-dealkylation sites (tertiary alicyclic amines) is 1. The fourth-order valence-corrected chi connectivity index (χ4v) is 7.17. The molecule has 280 valence electrons. The SMILES string of the molecule is C=CC1C[C@]1(NC(=O)C1C[C@@H](OC(=O)Nc2ccccc2C(=O)OC)CN1C(=O)[C@@H](NC(=O)OC(C)(C)C)C(C)(C)C)C(=O)NS(=O)(=O)C1CC1. The Bertz CT molecular complexity index is 1700. The minimum atomic E-state index is -3.95. The van der Waals surface area contributed by atoms with E-state index in [1.165, 1.54) is 25.3 Å². The van der Waals surface area contributed by atoms with Gasteiger partial charge in [-0.1, -0.05) is 39.0 Å². The van der Waals surface area contributed by atoms with E-state index in [0.717, 1.165) is 4.90 Å². The highest BCUT2D eigenvalue weighted by atomic mass is 32.2. The number of esters is 1. The van der Waals surface area contributed by atoms with Crippen molar-refractivity contribution in [1.82, 2.24) is 20.3 Å². The summed E-state index contributed by atoms with van der Waals surface area (Å²) >= 11 is 0. The molecule has 4 rings (SSSR count). The molecule has 2 unspecified atom stereocenters. The molecule has 3 fully saturated rings. The smallest absolute Gasteiger partial charge is 0.411 e. The van der Waals surface area contributed by atoms with Crippen LogP contribution in [0.1, 0.15) is 77.6 Å². The number of hydrogen-bond acceptors (Lipinski definition) is 11. The van der Waals surface area contributed by atoms with E-state index in [0.29, 0.717) is 12.8 Å². The second-order valence-corrected chi connectivity index (χ2v) is 17.0. The van der Waals surface area contributed by atoms with Crippen molar-refractivity contribution in [2.45, 2.75) is 102 Å². The number of sulfonamides is 1. The minimum absolute atomic E-state index is 0.0622. The summed E-state index contributed by atoms with van der Waals surface area (Å²) < 4.78 is 43.1. The molecule has 1 saturated heterocycles. The van der Waals surface area contributed by atoms with Gasteiger partial charge in [0.05, 0.1) is 30.2 Å². The van der Waals surface area contributed by atoms with Crippen molar-refractivity contribution in [1.29, 1.82) is 0 Å². The Kier molecular flexibility index (Phi) is 11.1. The third-order valence-electron chi connectivity index (χ3n) is 8.71. The number of benzene rings is 1. The van der Waals surface area contributed by atoms with Crippen molar-refractivity contribution in [2.75, 3.05) is 19.0 Å². The predicted octanol–water partition coefficient (Wildman–Crippen LogP) is 2.60. The number of para-hydroxylation sites is 1. The van der Waals surface area contributed by atoms with Crippen LogP contribution in [0.4, 0.5) is 15.3 Å². The molecule has 1 aromatic rings. The van der Waals surface area contributed by atoms with Gasteiger partial charge in [-0.05, 0) is 57.6 Å². The Morgan fingerprint density at radius 2 is 1.67 bits per heavy atom. The molecule has 1 aromatic carbocycles. The zero-order chi connectivity index (χ0) is 38.1. The van der Waals surface area contributed by atoms with Crippen molar-refractivity contribution >= 4 is 51.6 Å². The van der Waals surface area contributed by atoms with Gasteiger partial charge in [0.1, 0.15) is 29.3 Å². The molecule has 3 aliphatic rings. The molecule has 2 aliphatic carbocycles. The lowest BCUT2D eigenvalue weighted by Crippen LogP contribution is -2.60. The minimum Gasteiger partial charge on any atom is -0.465 e. The van der Waals surface area contributed by atoms with Crippen LogP contribution in [0.2, 0.25) is 0 Å². The van der Waals surface area contributed by atoms with Crippen molar-refractivity contribution in [3.63, 3.8) is 0 Å². The second-order valence-electron chi connectivity index (χ2n) is 15.1. The van der Waals surface area contributed by atoms with Gasteiger partial charge in [0.2, 0.25) is 21.8 Å². The molecule has 1 heterocycles. The summed E-state index contributed by atoms with van der Waals surface area (Å²) in [6.45, 7) is 13.5. The Balaban J connectivity index is 1.60. The average molecular weight is 734 g/mol. The van der Waals surface area contributed by atoms with Crippen LogP contribution in [-0.2, 0) is 38.6 Å². The monoisotopic (exact) mass is 733 g/mol. The van der Waals surface area contributed by atoms with Gasteiger partial charge in [-0.25, -0.2) is 22.8 Å². The number of nitrogens with one attached hydrogen (secondary N) is 4. The highest BCUT2D eigenvalue weighted by Gasteiger charge is 2.62. The normalized spacial score (nSPS) is 23.6. The fourth-order valence-electron chi connectivity index (χ4n) is 5.80. The lowest BCUT2D eigenvalue weighted by Gasteiger charge is -2.36. The number of alkyl carbamates (subject to hydrolysis) is 1. The zero-order valence-corrected chi connectivity index (χ0v) is 30.7. The molecule has 0 spiro atoms. The first-order valence-corrected chi connectivity index (χ1v) is 18.1. The van der Waals surface area contributed by atoms with E-state index in [1.807, 2.05) is 0 Å². The van der Waals surface area contributed by atoms with Gasteiger partial charge < -0.3 is 29.7 Å². The molecule has 4 N–H and O–H groups in total. The summed E-state index contributed by atoms with van der Waals surface area (Å²) in [6.07, 6.45) is -0.796. The number of ether oxygens (including phenoxy) is 3. The number of rotatable bonds is 11. The van der Waals surface area contributed by atoms with E-state index < -0.39 is 91.8 Å². The lowest BCUT2D eigenvalue weighted by molar-refractivity contribution is -0.143. The van der Waals surface area contributed by atoms with E-state index >= 15 is 0 Å². The van der Waals surface area contributed by atoms with E-state index in [-0.39, 0.29) is 30.6 Å². The standard InChI is InChI=1S/C34H47N5O11S/c1-9-19-17-34(19,29(43)38-51(46,47)21-14-15-21)37-26(40)24-16-20(49-30(44)35-23-13-11-10-12-22(23)28(42)48-8)18-39(24)27(41)25(32(2,3)4)36-31(45)50-33(5,6)7/h9-13,19-21,24-25H,1,14-18H2,2-8H3,(H,35,44)(H,36,45)(H,37,40)(H,38,43)/t19?,20-,24?,25-,34-/m1/s1. The quantitative estimate of drug-likeness (QED) is 0.147. The highest BCUT2D eigenvalue weighted by Crippen LogP contribution is 2.45. The second kappa shape index (κ2) is 14.5. The first-order valence-electron chi connectivity index (χ1n) is 16.6. The Morgan fingerprint density at radius 3 is 2.22 bits per heavy atom. The summed E-state index contributed by atoms with van der Waals surface area (Å²) in [5.74, 6) is -3.71. The number of carbonyl (C=O) groups is 6. The number of carbonyl (C=O) groups excluding carboxylic acids is 6. The number of hydrogen-bond donors (Lipinski definition) is 4. The summed E-state index contributed by atoms with van der Waals surface area (Å²) in [7, 11) is -2.76. The molecule has 0 aromatic heterocycles. The zero-order valence-electron chi connectivity index (χ0n) is 29.9. The van der Waals surface area contributed by atoms with Gasteiger partial charge >= 0.3 is 18.2 Å². The van der Waals surface area contributed by atoms with Crippen LogP contribution in [0.5, 0.6) is 0 Å². The Morgan fingerprint density at radius 1 is 1.02 bits per heavy atom. The lowest BCUT2D eigenvalue weighted by atomic mass is 9.85. The highest BCUT2D eigenvalue weighted by molar-refractivity contribution is 7.91. The van der Waals surface area contributed by atoms with Crippen LogP contribution in [0, 0.1) is 11.3 Å². The molecule has 0 bridgehead atoms. The Labute approximate surface area is 297 Å². The third-order valence-corrected chi connectivity index (χ3v) is 10.5. The maximum Gasteiger partial charge on any atom is 0.411 e. The summed E-state index contributed by atoms with van der Waals surface area (Å²) in [5, 5.41) is 7.07. The number of nitrogens with zero attached hydrogens (tertiary/aromatic N) is 1. The largest absolute Gasteiger partial charge is 0.465 e. The van der Waals surface area contributed by atoms with Crippen LogP contribution in [0.15, 0.2) is 36.9 Å². The molecule has 51 heavy (non-hydrogen) atoms. The van der Waals surface area contributed by atoms with Crippen molar-refractivity contribution in [3.8, 4) is 0 Å². The molecular weight excluding hydrogens is 686 g/mol. The van der Waals surface area contributed by atoms with Gasteiger partial charge in [0.25, 0.3) is 5.91 Å². The number of amides is 5. The van der Waals surface area contributed by atoms with Crippen LogP contribution in [0.3, 0.4) is 0 Å². The van der Waals surface area contributed by atoms with Gasteiger partial charge in [0.15, 0.2) is 0 Å². The first-order chi connectivity index (χ1) is 23.6. The van der Waals surface area contributed by atoms with E-state index in [1.54, 1.807) is 53.7 Å². The molecular formula is C34H47N5O11S. The maximum absolute atomic E-state index is 14.3. The van der Waals surface area contributed by atoms with E-state index in [9.17, 15) is 37.2 Å². The summed E-state index contributed by atoms with van der Waals surface area (Å²) in [4.78, 5) is 81.0. The molecule has 5 atom stereocenters. The van der Waals surface area contributed by atoms with Crippen LogP contribution < -0.4 is 20.7 Å². The average Bonchev–Trinajstić information content (AvgIpc) is 3.95. The van der Waals surface area contributed by atoms with E-state index in [2.05, 4.69) is 27.3 Å². The van der Waals surface area contributed by atoms with Gasteiger partial charge in [-0.3, -0.25) is 24.4 Å². The molecule has 17 heteroatoms. The topological polar surface area (TPSA) is 216 Å². The molecule has 5 amide bonds. The third kappa shape index (κ3) is 9.36. The van der Waals surface area contributed by atoms with Crippen molar-refractivity contribution in [2.24, 2.45) is 11.3 Å². The summed E-state index contributed by atoms with van der Waals surface area (Å²) in [6, 6.07) is 3.53. The van der Waals surface area contributed by atoms with Crippen molar-refractivity contribution in [3.05, 3.63) is 42.5 Å². The van der Waals surface area contributed by atoms with Crippen LogP contribution in [-0.4, -0.2) is 97.4 Å². The van der Waals surface area contributed by atoms with Crippen molar-refractivity contribution < 1.29 is 51.4 Å². The van der Waals surface area contributed by atoms with E-state index in [4.69, 9.17) is 14.2 Å². The van der Waals surface area contributed by atoms with Gasteiger partial charge in [0, 0.05) is 12.3 Å². The molecule has 1 aliphatic heterocycles. The molecule has 0 radical (unpaired) electrons. The van der Waals surface area contributed by atoms with Crippen LogP contribution >= 0.6 is 0 Å². The number of methoxy groups -OCH3 is 1. The number of anilines is 1. The fraction of sp³-hybridized carbons (Fsp3) is 0.588. The molecule has 2 saturated carbocycles. The molecule has 16 nitrogen and oxygen atoms in total. The Hall–Kier alpha value is -4.67. The van der Waals surface area contributed by atoms with Gasteiger partial charge in [-0.15, -0.1) is 6.58 Å². The predicted molar refractivity (Wildman–Crippen MR) is 184 cm³/mol. The van der Waals surface area contributed by atoms with Crippen LogP contribution in [0.25, 0.3) is 0 Å². The first kappa shape index (κ1) is 39.1. The van der Waals surface area contributed by atoms with Gasteiger partial charge in [-0.2, -0.15) is 0 Å². The summed E-state index contributed by atoms with van der Waals surface area (Å²) in [5.41, 5.74) is -3.25. The maximum atomic E-state index is 14.3.